The molecule has 218 valence electrons. The van der Waals surface area contributed by atoms with E-state index in [0.29, 0.717) is 40.2 Å². The van der Waals surface area contributed by atoms with Crippen LogP contribution in [0.3, 0.4) is 0 Å². The number of nitrogens with zero attached hydrogens (tertiary/aromatic N) is 7. The number of hydrogen-bond acceptors (Lipinski definition) is 10. The van der Waals surface area contributed by atoms with Crippen molar-refractivity contribution < 1.29 is 9.21 Å². The average Bonchev–Trinajstić information content (AvgIpc) is 3.47. The SMILES string of the molecule is Cc1nnc(-c2cncc(-c3ccnc(Nc4cc(NC(=O)c5ccc(CN6CCN(C)CC6)cc5)ccc4C)n3)c2)o1. The van der Waals surface area contributed by atoms with Gasteiger partial charge in [-0.3, -0.25) is 14.7 Å². The highest BCUT2D eigenvalue weighted by atomic mass is 16.4. The highest BCUT2D eigenvalue weighted by Gasteiger charge is 2.15. The van der Waals surface area contributed by atoms with Gasteiger partial charge in [-0.25, -0.2) is 9.97 Å². The van der Waals surface area contributed by atoms with Gasteiger partial charge in [0.2, 0.25) is 17.7 Å². The molecule has 2 N–H and O–H groups in total. The standard InChI is InChI=1S/C32H33N9O2/c1-21-4-9-27(35-30(42)24-7-5-23(6-8-24)20-41-14-12-40(3)13-15-41)17-29(21)37-32-34-11-10-28(36-32)25-16-26(19-33-18-25)31-39-38-22(2)43-31/h4-11,16-19H,12-15,20H2,1-3H3,(H,35,42)(H,34,36,37). The number of hydrogen-bond donors (Lipinski definition) is 2. The third-order valence-electron chi connectivity index (χ3n) is 7.42. The zero-order valence-corrected chi connectivity index (χ0v) is 24.4. The lowest BCUT2D eigenvalue weighted by molar-refractivity contribution is 0.102. The highest BCUT2D eigenvalue weighted by Crippen LogP contribution is 2.26. The van der Waals surface area contributed by atoms with E-state index < -0.39 is 0 Å². The smallest absolute Gasteiger partial charge is 0.255 e. The summed E-state index contributed by atoms with van der Waals surface area (Å²) in [5, 5.41) is 14.3. The molecule has 0 spiro atoms. The molecule has 1 aliphatic rings. The molecule has 4 heterocycles. The van der Waals surface area contributed by atoms with Crippen LogP contribution >= 0.6 is 0 Å². The van der Waals surface area contributed by atoms with Crippen molar-refractivity contribution in [3.05, 3.63) is 95.8 Å². The van der Waals surface area contributed by atoms with Crippen LogP contribution in [0.2, 0.25) is 0 Å². The van der Waals surface area contributed by atoms with Crippen molar-refractivity contribution >= 4 is 23.2 Å². The molecule has 0 atom stereocenters. The van der Waals surface area contributed by atoms with Crippen molar-refractivity contribution in [2.24, 2.45) is 0 Å². The summed E-state index contributed by atoms with van der Waals surface area (Å²) in [4.78, 5) is 31.2. The van der Waals surface area contributed by atoms with Crippen LogP contribution in [0.25, 0.3) is 22.7 Å². The third-order valence-corrected chi connectivity index (χ3v) is 7.42. The number of anilines is 3. The van der Waals surface area contributed by atoms with Crippen LogP contribution in [0.4, 0.5) is 17.3 Å². The Labute approximate surface area is 250 Å². The fraction of sp³-hybridized carbons (Fsp3) is 0.250. The fourth-order valence-corrected chi connectivity index (χ4v) is 4.87. The van der Waals surface area contributed by atoms with E-state index in [-0.39, 0.29) is 5.91 Å². The molecule has 5 aromatic rings. The average molecular weight is 576 g/mol. The highest BCUT2D eigenvalue weighted by molar-refractivity contribution is 6.04. The lowest BCUT2D eigenvalue weighted by atomic mass is 10.1. The van der Waals surface area contributed by atoms with Crippen molar-refractivity contribution in [1.82, 2.24) is 34.9 Å². The van der Waals surface area contributed by atoms with E-state index in [1.807, 2.05) is 61.5 Å². The third kappa shape index (κ3) is 6.91. The van der Waals surface area contributed by atoms with Gasteiger partial charge in [0.1, 0.15) is 0 Å². The van der Waals surface area contributed by atoms with Gasteiger partial charge in [-0.1, -0.05) is 18.2 Å². The Morgan fingerprint density at radius 2 is 1.72 bits per heavy atom. The molecule has 11 heteroatoms. The van der Waals surface area contributed by atoms with Gasteiger partial charge >= 0.3 is 0 Å². The van der Waals surface area contributed by atoms with Crippen LogP contribution in [0.5, 0.6) is 0 Å². The second-order valence-corrected chi connectivity index (χ2v) is 10.7. The van der Waals surface area contributed by atoms with Crippen LogP contribution in [-0.2, 0) is 6.54 Å². The normalized spacial score (nSPS) is 14.0. The molecule has 1 aliphatic heterocycles. The summed E-state index contributed by atoms with van der Waals surface area (Å²) in [5.74, 6) is 1.13. The summed E-state index contributed by atoms with van der Waals surface area (Å²) >= 11 is 0. The van der Waals surface area contributed by atoms with Crippen LogP contribution < -0.4 is 10.6 Å². The second-order valence-electron chi connectivity index (χ2n) is 10.7. The summed E-state index contributed by atoms with van der Waals surface area (Å²) in [5.41, 5.74) is 6.42. The quantitative estimate of drug-likeness (QED) is 0.263. The van der Waals surface area contributed by atoms with Crippen molar-refractivity contribution in [2.75, 3.05) is 43.9 Å². The number of likely N-dealkylation sites (N-methyl/N-ethyl adjacent to an activating group) is 1. The van der Waals surface area contributed by atoms with Gasteiger partial charge in [-0.05, 0) is 61.5 Å². The van der Waals surface area contributed by atoms with Crippen LogP contribution in [0.15, 0.2) is 77.6 Å². The molecule has 11 nitrogen and oxygen atoms in total. The molecule has 0 bridgehead atoms. The molecule has 0 unspecified atom stereocenters. The number of rotatable bonds is 8. The van der Waals surface area contributed by atoms with E-state index in [1.165, 1.54) is 5.56 Å². The molecule has 0 radical (unpaired) electrons. The summed E-state index contributed by atoms with van der Waals surface area (Å²) in [7, 11) is 2.16. The van der Waals surface area contributed by atoms with Gasteiger partial charge in [-0.2, -0.15) is 0 Å². The molecule has 43 heavy (non-hydrogen) atoms. The van der Waals surface area contributed by atoms with E-state index in [9.17, 15) is 4.79 Å². The molecule has 2 aromatic carbocycles. The molecule has 6 rings (SSSR count). The van der Waals surface area contributed by atoms with Gasteiger partial charge in [0.05, 0.1) is 11.3 Å². The maximum absolute atomic E-state index is 13.0. The summed E-state index contributed by atoms with van der Waals surface area (Å²) in [6, 6.07) is 17.3. The Morgan fingerprint density at radius 1 is 0.930 bits per heavy atom. The van der Waals surface area contributed by atoms with Crippen molar-refractivity contribution in [3.8, 4) is 22.7 Å². The predicted molar refractivity (Wildman–Crippen MR) is 165 cm³/mol. The fourth-order valence-electron chi connectivity index (χ4n) is 4.87. The lowest BCUT2D eigenvalue weighted by Gasteiger charge is -2.32. The monoisotopic (exact) mass is 575 g/mol. The Hall–Kier alpha value is -5.00. The van der Waals surface area contributed by atoms with Crippen LogP contribution in [0.1, 0.15) is 27.4 Å². The maximum atomic E-state index is 13.0. The Morgan fingerprint density at radius 3 is 2.49 bits per heavy atom. The van der Waals surface area contributed by atoms with Gasteiger partial charge < -0.3 is 20.0 Å². The first kappa shape index (κ1) is 28.1. The van der Waals surface area contributed by atoms with Gasteiger partial charge in [0, 0.05) is 80.7 Å². The minimum atomic E-state index is -0.164. The first-order chi connectivity index (χ1) is 20.9. The zero-order valence-electron chi connectivity index (χ0n) is 24.4. The number of amides is 1. The van der Waals surface area contributed by atoms with Crippen molar-refractivity contribution in [1.29, 1.82) is 0 Å². The zero-order chi connectivity index (χ0) is 29.8. The molecule has 1 amide bonds. The van der Waals surface area contributed by atoms with Gasteiger partial charge in [-0.15, -0.1) is 10.2 Å². The van der Waals surface area contributed by atoms with E-state index in [2.05, 4.69) is 52.6 Å². The number of piperazine rings is 1. The van der Waals surface area contributed by atoms with Crippen molar-refractivity contribution in [3.63, 3.8) is 0 Å². The van der Waals surface area contributed by atoms with E-state index in [1.54, 1.807) is 25.5 Å². The molecule has 3 aromatic heterocycles. The van der Waals surface area contributed by atoms with E-state index in [4.69, 9.17) is 4.42 Å². The molecule has 1 fully saturated rings. The number of carbonyl (C=O) groups excluding carboxylic acids is 1. The first-order valence-corrected chi connectivity index (χ1v) is 14.2. The number of aromatic nitrogens is 5. The largest absolute Gasteiger partial charge is 0.421 e. The number of carbonyl (C=O) groups is 1. The predicted octanol–water partition coefficient (Wildman–Crippen LogP) is 4.95. The van der Waals surface area contributed by atoms with Crippen molar-refractivity contribution in [2.45, 2.75) is 20.4 Å². The van der Waals surface area contributed by atoms with E-state index >= 15 is 0 Å². The molecule has 0 aliphatic carbocycles. The molecular formula is C32H33N9O2. The number of benzene rings is 2. The minimum absolute atomic E-state index is 0.164. The second kappa shape index (κ2) is 12.5. The Balaban J connectivity index is 1.12. The first-order valence-electron chi connectivity index (χ1n) is 14.2. The Kier molecular flexibility index (Phi) is 8.16. The topological polar surface area (TPSA) is 125 Å². The maximum Gasteiger partial charge on any atom is 0.255 e. The summed E-state index contributed by atoms with van der Waals surface area (Å²) < 4.78 is 5.54. The van der Waals surface area contributed by atoms with Gasteiger partial charge in [0.25, 0.3) is 5.91 Å². The summed E-state index contributed by atoms with van der Waals surface area (Å²) in [6.07, 6.45) is 5.07. The van der Waals surface area contributed by atoms with Crippen LogP contribution in [0, 0.1) is 13.8 Å². The number of pyridine rings is 1. The number of nitrogens with one attached hydrogen (secondary N) is 2. The van der Waals surface area contributed by atoms with Gasteiger partial charge in [0.15, 0.2) is 0 Å². The molecular weight excluding hydrogens is 542 g/mol. The van der Waals surface area contributed by atoms with Crippen LogP contribution in [-0.4, -0.2) is 74.1 Å². The Bertz CT molecular complexity index is 1730. The minimum Gasteiger partial charge on any atom is -0.421 e. The number of aryl methyl sites for hydroxylation is 2. The molecule has 0 saturated carbocycles. The summed E-state index contributed by atoms with van der Waals surface area (Å²) in [6.45, 7) is 8.90. The molecule has 1 saturated heterocycles. The lowest BCUT2D eigenvalue weighted by Crippen LogP contribution is -2.43. The van der Waals surface area contributed by atoms with E-state index in [0.717, 1.165) is 49.5 Å².